The van der Waals surface area contributed by atoms with Crippen molar-refractivity contribution in [3.05, 3.63) is 35.9 Å². The molecular formula is C13H20N2S. The van der Waals surface area contributed by atoms with E-state index in [9.17, 15) is 0 Å². The molecule has 16 heavy (non-hydrogen) atoms. The predicted molar refractivity (Wildman–Crippen MR) is 71.7 cm³/mol. The van der Waals surface area contributed by atoms with E-state index in [1.54, 1.807) is 0 Å². The van der Waals surface area contributed by atoms with E-state index in [0.717, 1.165) is 19.6 Å². The van der Waals surface area contributed by atoms with E-state index in [1.165, 1.54) is 5.56 Å². The fraction of sp³-hybridized carbons (Fsp3) is 0.538. The van der Waals surface area contributed by atoms with Crippen LogP contribution in [0.25, 0.3) is 0 Å². The predicted octanol–water partition coefficient (Wildman–Crippen LogP) is 2.13. The lowest BCUT2D eigenvalue weighted by Gasteiger charge is -2.47. The number of thiol groups is 1. The van der Waals surface area contributed by atoms with Crippen molar-refractivity contribution in [1.82, 2.24) is 10.2 Å². The molecule has 1 aliphatic rings. The second-order valence-electron chi connectivity index (χ2n) is 4.96. The van der Waals surface area contributed by atoms with Crippen LogP contribution in [0.1, 0.15) is 19.4 Å². The van der Waals surface area contributed by atoms with Gasteiger partial charge in [0.25, 0.3) is 0 Å². The zero-order chi connectivity index (χ0) is 11.6. The van der Waals surface area contributed by atoms with Gasteiger partial charge in [-0.05, 0) is 19.4 Å². The summed E-state index contributed by atoms with van der Waals surface area (Å²) in [5, 5.41) is 3.56. The summed E-state index contributed by atoms with van der Waals surface area (Å²) in [4.78, 5) is 2.39. The molecule has 0 radical (unpaired) electrons. The van der Waals surface area contributed by atoms with Gasteiger partial charge in [0.2, 0.25) is 0 Å². The van der Waals surface area contributed by atoms with Gasteiger partial charge in [0.1, 0.15) is 0 Å². The topological polar surface area (TPSA) is 15.3 Å². The lowest BCUT2D eigenvalue weighted by molar-refractivity contribution is 0.0750. The van der Waals surface area contributed by atoms with E-state index in [-0.39, 0.29) is 4.87 Å². The maximum atomic E-state index is 4.56. The summed E-state index contributed by atoms with van der Waals surface area (Å²) in [5.74, 6) is 0. The van der Waals surface area contributed by atoms with Crippen molar-refractivity contribution in [2.24, 2.45) is 0 Å². The number of nitrogens with one attached hydrogen (secondary N) is 1. The number of likely N-dealkylation sites (tertiary alicyclic amines) is 1. The first kappa shape index (κ1) is 12.0. The Hall–Kier alpha value is -0.510. The minimum Gasteiger partial charge on any atom is -0.307 e. The maximum Gasteiger partial charge on any atom is 0.0584 e. The van der Waals surface area contributed by atoms with E-state index in [2.05, 4.69) is 67.0 Å². The van der Waals surface area contributed by atoms with Gasteiger partial charge < -0.3 is 5.32 Å². The first-order valence-electron chi connectivity index (χ1n) is 5.80. The van der Waals surface area contributed by atoms with Crippen molar-refractivity contribution in [3.8, 4) is 0 Å². The molecule has 0 saturated carbocycles. The summed E-state index contributed by atoms with van der Waals surface area (Å²) in [6, 6.07) is 11.2. The van der Waals surface area contributed by atoms with Crippen LogP contribution in [0.3, 0.4) is 0 Å². The molecule has 3 heteroatoms. The van der Waals surface area contributed by atoms with E-state index in [0.29, 0.717) is 6.04 Å². The quantitative estimate of drug-likeness (QED) is 0.779. The Labute approximate surface area is 103 Å². The highest BCUT2D eigenvalue weighted by atomic mass is 32.1. The van der Waals surface area contributed by atoms with Gasteiger partial charge in [-0.15, -0.1) is 0 Å². The van der Waals surface area contributed by atoms with Crippen LogP contribution in [-0.4, -0.2) is 28.9 Å². The zero-order valence-electron chi connectivity index (χ0n) is 9.98. The second kappa shape index (κ2) is 4.78. The van der Waals surface area contributed by atoms with Crippen LogP contribution in [0, 0.1) is 0 Å². The molecule has 2 nitrogen and oxygen atoms in total. The normalized spacial score (nSPS) is 18.4. The van der Waals surface area contributed by atoms with Crippen LogP contribution in [0.15, 0.2) is 30.3 Å². The van der Waals surface area contributed by atoms with Crippen molar-refractivity contribution < 1.29 is 0 Å². The molecule has 0 spiro atoms. The molecule has 0 unspecified atom stereocenters. The van der Waals surface area contributed by atoms with Gasteiger partial charge in [-0.1, -0.05) is 30.3 Å². The van der Waals surface area contributed by atoms with E-state index >= 15 is 0 Å². The standard InChI is InChI=1S/C13H20N2S/c1-13(2,16)15-9-12(10-15)14-8-11-6-4-3-5-7-11/h3-7,12,14,16H,8-10H2,1-2H3. The number of hydrogen-bond donors (Lipinski definition) is 2. The molecule has 88 valence electrons. The number of benzene rings is 1. The number of nitrogens with zero attached hydrogens (tertiary/aromatic N) is 1. The molecule has 1 aliphatic heterocycles. The summed E-state index contributed by atoms with van der Waals surface area (Å²) >= 11 is 4.56. The Kier molecular flexibility index (Phi) is 3.57. The van der Waals surface area contributed by atoms with Crippen LogP contribution < -0.4 is 5.32 Å². The molecular weight excluding hydrogens is 216 g/mol. The fourth-order valence-corrected chi connectivity index (χ4v) is 2.08. The monoisotopic (exact) mass is 236 g/mol. The van der Waals surface area contributed by atoms with Gasteiger partial charge >= 0.3 is 0 Å². The lowest BCUT2D eigenvalue weighted by Crippen LogP contribution is -2.62. The Bertz CT molecular complexity index is 326. The van der Waals surface area contributed by atoms with Crippen LogP contribution in [0.5, 0.6) is 0 Å². The highest BCUT2D eigenvalue weighted by molar-refractivity contribution is 7.81. The minimum atomic E-state index is 0.0188. The first-order valence-corrected chi connectivity index (χ1v) is 6.25. The third-order valence-corrected chi connectivity index (χ3v) is 3.38. The number of rotatable bonds is 4. The summed E-state index contributed by atoms with van der Waals surface area (Å²) in [6.45, 7) is 7.45. The highest BCUT2D eigenvalue weighted by Gasteiger charge is 2.34. The molecule has 0 aliphatic carbocycles. The van der Waals surface area contributed by atoms with Crippen molar-refractivity contribution in [3.63, 3.8) is 0 Å². The summed E-state index contributed by atoms with van der Waals surface area (Å²) in [6.07, 6.45) is 0. The summed E-state index contributed by atoms with van der Waals surface area (Å²) < 4.78 is 0. The number of hydrogen-bond acceptors (Lipinski definition) is 3. The molecule has 0 bridgehead atoms. The zero-order valence-corrected chi connectivity index (χ0v) is 10.9. The van der Waals surface area contributed by atoms with Crippen LogP contribution >= 0.6 is 12.6 Å². The molecule has 1 aromatic carbocycles. The van der Waals surface area contributed by atoms with Crippen molar-refractivity contribution in [1.29, 1.82) is 0 Å². The van der Waals surface area contributed by atoms with Gasteiger partial charge in [0.05, 0.1) is 4.87 Å². The van der Waals surface area contributed by atoms with Gasteiger partial charge in [0.15, 0.2) is 0 Å². The minimum absolute atomic E-state index is 0.0188. The van der Waals surface area contributed by atoms with Crippen LogP contribution in [0.2, 0.25) is 0 Å². The molecule has 0 atom stereocenters. The average Bonchev–Trinajstić information content (AvgIpc) is 2.15. The molecule has 0 aromatic heterocycles. The maximum absolute atomic E-state index is 4.56. The van der Waals surface area contributed by atoms with E-state index in [4.69, 9.17) is 0 Å². The van der Waals surface area contributed by atoms with Crippen molar-refractivity contribution in [2.45, 2.75) is 31.3 Å². The highest BCUT2D eigenvalue weighted by Crippen LogP contribution is 2.24. The molecule has 1 heterocycles. The smallest absolute Gasteiger partial charge is 0.0584 e. The third-order valence-electron chi connectivity index (χ3n) is 3.09. The second-order valence-corrected chi connectivity index (χ2v) is 6.06. The van der Waals surface area contributed by atoms with Crippen LogP contribution in [0.4, 0.5) is 0 Å². The van der Waals surface area contributed by atoms with Crippen molar-refractivity contribution >= 4 is 12.6 Å². The molecule has 1 N–H and O–H groups in total. The van der Waals surface area contributed by atoms with Gasteiger partial charge in [-0.3, -0.25) is 4.90 Å². The van der Waals surface area contributed by atoms with E-state index in [1.807, 2.05) is 0 Å². The Morgan fingerprint density at radius 1 is 1.31 bits per heavy atom. The molecule has 2 rings (SSSR count). The van der Waals surface area contributed by atoms with Crippen molar-refractivity contribution in [2.75, 3.05) is 13.1 Å². The van der Waals surface area contributed by atoms with Gasteiger partial charge in [-0.2, -0.15) is 12.6 Å². The van der Waals surface area contributed by atoms with Gasteiger partial charge in [0, 0.05) is 25.7 Å². The Morgan fingerprint density at radius 3 is 2.50 bits per heavy atom. The van der Waals surface area contributed by atoms with Crippen LogP contribution in [-0.2, 0) is 6.54 Å². The Morgan fingerprint density at radius 2 is 1.94 bits per heavy atom. The fourth-order valence-electron chi connectivity index (χ4n) is 1.91. The largest absolute Gasteiger partial charge is 0.307 e. The van der Waals surface area contributed by atoms with E-state index < -0.39 is 0 Å². The SMILES string of the molecule is CC(C)(S)N1CC(NCc2ccccc2)C1. The summed E-state index contributed by atoms with van der Waals surface area (Å²) in [7, 11) is 0. The summed E-state index contributed by atoms with van der Waals surface area (Å²) in [5.41, 5.74) is 1.35. The average molecular weight is 236 g/mol. The third kappa shape index (κ3) is 3.00. The Balaban J connectivity index is 1.71. The molecule has 0 amide bonds. The lowest BCUT2D eigenvalue weighted by atomic mass is 10.1. The molecule has 1 saturated heterocycles. The molecule has 1 aromatic rings. The molecule has 1 fully saturated rings. The van der Waals surface area contributed by atoms with Gasteiger partial charge in [-0.25, -0.2) is 0 Å². The first-order chi connectivity index (χ1) is 7.55.